The molecule has 0 amide bonds. The van der Waals surface area contributed by atoms with E-state index in [0.29, 0.717) is 34.8 Å². The number of pyridine rings is 1. The van der Waals surface area contributed by atoms with E-state index in [1.165, 1.54) is 20.2 Å². The summed E-state index contributed by atoms with van der Waals surface area (Å²) >= 11 is 0. The van der Waals surface area contributed by atoms with Crippen LogP contribution in [0.5, 0.6) is 11.6 Å². The summed E-state index contributed by atoms with van der Waals surface area (Å²) in [5, 5.41) is 20.0. The van der Waals surface area contributed by atoms with Crippen molar-refractivity contribution in [3.05, 3.63) is 76.7 Å². The zero-order chi connectivity index (χ0) is 28.6. The lowest BCUT2D eigenvalue weighted by molar-refractivity contribution is -0.145. The van der Waals surface area contributed by atoms with Crippen LogP contribution in [0.4, 0.5) is 4.39 Å². The van der Waals surface area contributed by atoms with Crippen molar-refractivity contribution >= 4 is 5.97 Å². The van der Waals surface area contributed by atoms with Gasteiger partial charge in [-0.1, -0.05) is 24.3 Å². The minimum atomic E-state index is -1.13. The molecule has 0 radical (unpaired) electrons. The van der Waals surface area contributed by atoms with Crippen molar-refractivity contribution in [2.45, 2.75) is 77.3 Å². The molecule has 3 heterocycles. The molecular formula is C32H37FN2O5. The van der Waals surface area contributed by atoms with Gasteiger partial charge in [-0.15, -0.1) is 0 Å². The van der Waals surface area contributed by atoms with Gasteiger partial charge in [-0.3, -0.25) is 9.69 Å². The number of hydrogen-bond acceptors (Lipinski definition) is 6. The summed E-state index contributed by atoms with van der Waals surface area (Å²) < 4.78 is 26.7. The number of aliphatic carboxylic acids is 1. The Labute approximate surface area is 234 Å². The lowest BCUT2D eigenvalue weighted by Crippen LogP contribution is -2.32. The minimum absolute atomic E-state index is 0.231. The van der Waals surface area contributed by atoms with E-state index in [4.69, 9.17) is 9.47 Å². The molecule has 2 aliphatic heterocycles. The second-order valence-electron chi connectivity index (χ2n) is 11.2. The largest absolute Gasteiger partial charge is 0.485 e. The van der Waals surface area contributed by atoms with Crippen LogP contribution in [0.3, 0.4) is 0 Å². The van der Waals surface area contributed by atoms with Crippen LogP contribution in [-0.4, -0.2) is 45.3 Å². The van der Waals surface area contributed by atoms with Gasteiger partial charge in [0.25, 0.3) is 0 Å². The molecule has 0 bridgehead atoms. The van der Waals surface area contributed by atoms with E-state index in [-0.39, 0.29) is 6.10 Å². The molecule has 1 saturated heterocycles. The maximum absolute atomic E-state index is 14.9. The molecule has 2 N–H and O–H groups in total. The Bertz CT molecular complexity index is 1390. The van der Waals surface area contributed by atoms with Gasteiger partial charge in [-0.05, 0) is 86.4 Å². The van der Waals surface area contributed by atoms with Crippen molar-refractivity contribution < 1.29 is 28.9 Å². The number of aliphatic hydroxyl groups excluding tert-OH is 1. The number of carboxylic acid groups (broad SMARTS) is 1. The first-order chi connectivity index (χ1) is 19.2. The van der Waals surface area contributed by atoms with Crippen molar-refractivity contribution in [2.24, 2.45) is 5.92 Å². The first-order valence-corrected chi connectivity index (χ1v) is 13.9. The smallest absolute Gasteiger partial charge is 0.309 e. The summed E-state index contributed by atoms with van der Waals surface area (Å²) in [4.78, 5) is 17.9. The van der Waals surface area contributed by atoms with Crippen LogP contribution in [0.15, 0.2) is 48.7 Å². The number of halogens is 1. The van der Waals surface area contributed by atoms with Crippen molar-refractivity contribution in [2.75, 3.05) is 7.11 Å². The number of methoxy groups -OCH3 is 1. The topological polar surface area (TPSA) is 92.1 Å². The first-order valence-electron chi connectivity index (χ1n) is 13.9. The molecule has 2 aliphatic rings. The second-order valence-corrected chi connectivity index (χ2v) is 11.2. The lowest BCUT2D eigenvalue weighted by atomic mass is 9.90. The van der Waals surface area contributed by atoms with E-state index < -0.39 is 23.8 Å². The quantitative estimate of drug-likeness (QED) is 0.352. The number of nitrogens with zero attached hydrogens (tertiary/aromatic N) is 2. The molecule has 2 aromatic carbocycles. The molecule has 40 heavy (non-hydrogen) atoms. The number of hydrogen-bond donors (Lipinski definition) is 2. The Morgan fingerprint density at radius 2 is 1.90 bits per heavy atom. The van der Waals surface area contributed by atoms with Crippen LogP contribution in [0.1, 0.15) is 74.5 Å². The molecule has 5 atom stereocenters. The number of aromatic nitrogens is 1. The zero-order valence-corrected chi connectivity index (χ0v) is 23.4. The number of ether oxygens (including phenoxy) is 2. The highest BCUT2D eigenvalue weighted by atomic mass is 19.1. The van der Waals surface area contributed by atoms with Crippen LogP contribution in [-0.2, 0) is 17.8 Å². The van der Waals surface area contributed by atoms with Crippen molar-refractivity contribution in [3.63, 3.8) is 0 Å². The molecule has 0 saturated carbocycles. The van der Waals surface area contributed by atoms with Crippen LogP contribution >= 0.6 is 0 Å². The molecule has 1 aromatic heterocycles. The Kier molecular flexibility index (Phi) is 8.10. The van der Waals surface area contributed by atoms with Crippen LogP contribution in [0.25, 0.3) is 11.1 Å². The second kappa shape index (κ2) is 11.6. The predicted octanol–water partition coefficient (Wildman–Crippen LogP) is 6.09. The SMILES string of the molecule is COc1cc(-c2ccc(C3CCc4ccc([C@H](O)[C@H](C)C(=O)O)cc4O3)c(CN3[C@H](C)CC[C@H]3C)c2)c(F)cn1. The van der Waals surface area contributed by atoms with E-state index >= 15 is 0 Å². The maximum Gasteiger partial charge on any atom is 0.309 e. The number of rotatable bonds is 8. The number of aryl methyl sites for hydroxylation is 1. The Morgan fingerprint density at radius 3 is 2.60 bits per heavy atom. The lowest BCUT2D eigenvalue weighted by Gasteiger charge is -2.32. The van der Waals surface area contributed by atoms with Crippen molar-refractivity contribution in [3.8, 4) is 22.8 Å². The highest BCUT2D eigenvalue weighted by molar-refractivity contribution is 5.70. The summed E-state index contributed by atoms with van der Waals surface area (Å²) in [6.07, 6.45) is 3.66. The molecular weight excluding hydrogens is 511 g/mol. The molecule has 5 rings (SSSR count). The summed E-state index contributed by atoms with van der Waals surface area (Å²) in [6.45, 7) is 6.71. The highest BCUT2D eigenvalue weighted by Gasteiger charge is 2.31. The standard InChI is InChI=1S/C32H37FN2O5/c1-18-5-6-19(2)35(18)17-24-13-22(26-15-30(39-4)34-16-27(26)33)9-11-25(24)28-12-10-21-7-8-23(14-29(21)40-28)31(36)20(3)32(37)38/h7-9,11,13-16,18-20,28,31,36H,5-6,10,12,17H2,1-4H3,(H,37,38)/t18-,19-,20+,28?,31-/m1/s1. The van der Waals surface area contributed by atoms with Crippen molar-refractivity contribution in [1.82, 2.24) is 9.88 Å². The molecule has 8 heteroatoms. The molecule has 0 spiro atoms. The molecule has 212 valence electrons. The third-order valence-electron chi connectivity index (χ3n) is 8.57. The number of carbonyl (C=O) groups is 1. The molecule has 0 aliphatic carbocycles. The van der Waals surface area contributed by atoms with E-state index in [2.05, 4.69) is 29.8 Å². The highest BCUT2D eigenvalue weighted by Crippen LogP contribution is 2.40. The van der Waals surface area contributed by atoms with E-state index in [0.717, 1.165) is 54.5 Å². The number of likely N-dealkylation sites (tertiary alicyclic amines) is 1. The van der Waals surface area contributed by atoms with Gasteiger partial charge in [0.2, 0.25) is 5.88 Å². The zero-order valence-electron chi connectivity index (χ0n) is 23.4. The van der Waals surface area contributed by atoms with Crippen LogP contribution in [0.2, 0.25) is 0 Å². The summed E-state index contributed by atoms with van der Waals surface area (Å²) in [6, 6.07) is 14.0. The van der Waals surface area contributed by atoms with E-state index in [9.17, 15) is 19.4 Å². The van der Waals surface area contributed by atoms with Crippen LogP contribution in [0, 0.1) is 11.7 Å². The molecule has 3 aromatic rings. The van der Waals surface area contributed by atoms with Crippen molar-refractivity contribution in [1.29, 1.82) is 0 Å². The summed E-state index contributed by atoms with van der Waals surface area (Å²) in [7, 11) is 1.51. The molecule has 1 unspecified atom stereocenters. The summed E-state index contributed by atoms with van der Waals surface area (Å²) in [5.41, 5.74) is 4.86. The predicted molar refractivity (Wildman–Crippen MR) is 150 cm³/mol. The van der Waals surface area contributed by atoms with Gasteiger partial charge < -0.3 is 19.7 Å². The fourth-order valence-corrected chi connectivity index (χ4v) is 5.95. The minimum Gasteiger partial charge on any atom is -0.485 e. The summed E-state index contributed by atoms with van der Waals surface area (Å²) in [5.74, 6) is -1.39. The van der Waals surface area contributed by atoms with Gasteiger partial charge in [0, 0.05) is 30.3 Å². The molecule has 1 fully saturated rings. The molecule has 7 nitrogen and oxygen atoms in total. The average molecular weight is 549 g/mol. The Hall–Kier alpha value is -3.49. The van der Waals surface area contributed by atoms with Gasteiger partial charge in [0.05, 0.1) is 25.3 Å². The normalized spacial score (nSPS) is 22.3. The maximum atomic E-state index is 14.9. The fraction of sp³-hybridized carbons (Fsp3) is 0.438. The van der Waals surface area contributed by atoms with Crippen LogP contribution < -0.4 is 9.47 Å². The van der Waals surface area contributed by atoms with Gasteiger partial charge in [-0.2, -0.15) is 0 Å². The fourth-order valence-electron chi connectivity index (χ4n) is 5.95. The number of benzene rings is 2. The first kappa shape index (κ1) is 28.1. The third kappa shape index (κ3) is 5.56. The number of aliphatic hydroxyl groups is 1. The monoisotopic (exact) mass is 548 g/mol. The average Bonchev–Trinajstić information content (AvgIpc) is 3.28. The van der Waals surface area contributed by atoms with Gasteiger partial charge >= 0.3 is 5.97 Å². The van der Waals surface area contributed by atoms with Gasteiger partial charge in [0.15, 0.2) is 0 Å². The van der Waals surface area contributed by atoms with E-state index in [1.54, 1.807) is 18.2 Å². The van der Waals surface area contributed by atoms with Gasteiger partial charge in [-0.25, -0.2) is 9.37 Å². The number of fused-ring (bicyclic) bond motifs is 1. The van der Waals surface area contributed by atoms with E-state index in [1.807, 2.05) is 18.2 Å². The third-order valence-corrected chi connectivity index (χ3v) is 8.57. The van der Waals surface area contributed by atoms with Gasteiger partial charge in [0.1, 0.15) is 17.7 Å². The Morgan fingerprint density at radius 1 is 1.15 bits per heavy atom. The Balaban J connectivity index is 1.50. The number of carboxylic acids is 1.